The largest absolute Gasteiger partial charge is 0.311 e. The van der Waals surface area contributed by atoms with Gasteiger partial charge in [-0.15, -0.1) is 0 Å². The van der Waals surface area contributed by atoms with Crippen LogP contribution in [0.4, 0.5) is 11.4 Å². The van der Waals surface area contributed by atoms with Gasteiger partial charge < -0.3 is 4.90 Å². The van der Waals surface area contributed by atoms with Crippen LogP contribution in [-0.2, 0) is 0 Å². The molecule has 0 fully saturated rings. The summed E-state index contributed by atoms with van der Waals surface area (Å²) in [7, 11) is 0. The minimum atomic E-state index is 0.138. The number of carbonyl (C=O) groups excluding carboxylic acids is 1. The van der Waals surface area contributed by atoms with Gasteiger partial charge in [-0.25, -0.2) is 0 Å². The molecule has 0 saturated carbocycles. The third kappa shape index (κ3) is 4.15. The van der Waals surface area contributed by atoms with Gasteiger partial charge in [0, 0.05) is 28.6 Å². The van der Waals surface area contributed by atoms with Gasteiger partial charge >= 0.3 is 0 Å². The van der Waals surface area contributed by atoms with E-state index < -0.39 is 0 Å². The molecule has 148 valence electrons. The molecule has 3 aromatic carbocycles. The number of para-hydroxylation sites is 1. The maximum atomic E-state index is 11.0. The van der Waals surface area contributed by atoms with E-state index in [4.69, 9.17) is 5.26 Å². The van der Waals surface area contributed by atoms with Crippen LogP contribution in [0.1, 0.15) is 39.4 Å². The van der Waals surface area contributed by atoms with Gasteiger partial charge in [0.2, 0.25) is 0 Å². The Morgan fingerprint density at radius 2 is 1.58 bits per heavy atom. The van der Waals surface area contributed by atoms with E-state index >= 15 is 0 Å². The zero-order chi connectivity index (χ0) is 21.6. The van der Waals surface area contributed by atoms with Gasteiger partial charge in [-0.1, -0.05) is 36.4 Å². The van der Waals surface area contributed by atoms with E-state index in [0.29, 0.717) is 16.7 Å². The van der Waals surface area contributed by atoms with Crippen LogP contribution in [-0.4, -0.2) is 6.29 Å². The van der Waals surface area contributed by atoms with Crippen molar-refractivity contribution in [2.75, 3.05) is 4.90 Å². The second kappa shape index (κ2) is 8.95. The second-order valence-electron chi connectivity index (χ2n) is 7.24. The highest BCUT2D eigenvalue weighted by molar-refractivity contribution is 5.78. The average Bonchev–Trinajstić information content (AvgIpc) is 2.85. The molecule has 4 nitrogen and oxygen atoms in total. The molecule has 4 heteroatoms. The molecule has 0 aliphatic heterocycles. The van der Waals surface area contributed by atoms with Crippen LogP contribution < -0.4 is 4.90 Å². The predicted octanol–water partition coefficient (Wildman–Crippen LogP) is 6.01. The molecule has 31 heavy (non-hydrogen) atoms. The van der Waals surface area contributed by atoms with Crippen molar-refractivity contribution in [3.63, 3.8) is 0 Å². The lowest BCUT2D eigenvalue weighted by molar-refractivity contribution is 0.112. The molecular formula is C27H19N3O. The maximum absolute atomic E-state index is 11.0. The molecule has 4 rings (SSSR count). The van der Waals surface area contributed by atoms with Gasteiger partial charge in [0.05, 0.1) is 11.1 Å². The number of nitriles is 2. The summed E-state index contributed by atoms with van der Waals surface area (Å²) in [5.41, 5.74) is 5.50. The first-order valence-corrected chi connectivity index (χ1v) is 9.96. The first kappa shape index (κ1) is 19.9. The van der Waals surface area contributed by atoms with Crippen molar-refractivity contribution in [1.82, 2.24) is 0 Å². The Kier molecular flexibility index (Phi) is 5.74. The normalized spacial score (nSPS) is 14.8. The fourth-order valence-corrected chi connectivity index (χ4v) is 3.73. The SMILES string of the molecule is N#Cc1ccc(C2C=CC(N(c3ccccc3)c3ccc(C=O)cc3)=CC2)cc1C#N. The van der Waals surface area contributed by atoms with Crippen LogP contribution in [0.25, 0.3) is 0 Å². The van der Waals surface area contributed by atoms with Gasteiger partial charge in [0.1, 0.15) is 18.4 Å². The molecule has 0 heterocycles. The molecule has 1 aliphatic rings. The summed E-state index contributed by atoms with van der Waals surface area (Å²) >= 11 is 0. The number of hydrogen-bond acceptors (Lipinski definition) is 4. The molecule has 1 atom stereocenters. The monoisotopic (exact) mass is 401 g/mol. The highest BCUT2D eigenvalue weighted by atomic mass is 16.1. The summed E-state index contributed by atoms with van der Waals surface area (Å²) in [6, 6.07) is 27.2. The number of carbonyl (C=O) groups is 1. The lowest BCUT2D eigenvalue weighted by Gasteiger charge is -2.29. The van der Waals surface area contributed by atoms with E-state index in [2.05, 4.69) is 35.3 Å². The Bertz CT molecular complexity index is 1240. The smallest absolute Gasteiger partial charge is 0.150 e. The second-order valence-corrected chi connectivity index (χ2v) is 7.24. The Morgan fingerprint density at radius 1 is 0.871 bits per heavy atom. The van der Waals surface area contributed by atoms with Crippen molar-refractivity contribution in [2.24, 2.45) is 0 Å². The van der Waals surface area contributed by atoms with Crippen molar-refractivity contribution in [1.29, 1.82) is 10.5 Å². The maximum Gasteiger partial charge on any atom is 0.150 e. The Balaban J connectivity index is 1.65. The Hall–Kier alpha value is -4.41. The highest BCUT2D eigenvalue weighted by Gasteiger charge is 2.18. The average molecular weight is 401 g/mol. The molecule has 0 radical (unpaired) electrons. The molecule has 0 saturated heterocycles. The van der Waals surface area contributed by atoms with Crippen LogP contribution in [0.3, 0.4) is 0 Å². The van der Waals surface area contributed by atoms with E-state index in [1.807, 2.05) is 60.7 Å². The number of aldehydes is 1. The van der Waals surface area contributed by atoms with Crippen LogP contribution in [0, 0.1) is 22.7 Å². The number of hydrogen-bond donors (Lipinski definition) is 0. The van der Waals surface area contributed by atoms with Crippen molar-refractivity contribution < 1.29 is 4.79 Å². The van der Waals surface area contributed by atoms with Crippen LogP contribution >= 0.6 is 0 Å². The fourth-order valence-electron chi connectivity index (χ4n) is 3.73. The molecule has 0 spiro atoms. The van der Waals surface area contributed by atoms with Crippen LogP contribution in [0.2, 0.25) is 0 Å². The number of allylic oxidation sites excluding steroid dienone is 3. The lowest BCUT2D eigenvalue weighted by atomic mass is 9.89. The molecular weight excluding hydrogens is 382 g/mol. The quantitative estimate of drug-likeness (QED) is 0.491. The van der Waals surface area contributed by atoms with Gasteiger partial charge in [-0.3, -0.25) is 4.79 Å². The third-order valence-corrected chi connectivity index (χ3v) is 5.35. The minimum absolute atomic E-state index is 0.138. The highest BCUT2D eigenvalue weighted by Crippen LogP contribution is 2.35. The molecule has 3 aromatic rings. The van der Waals surface area contributed by atoms with E-state index in [1.54, 1.807) is 12.1 Å². The number of anilines is 2. The van der Waals surface area contributed by atoms with Crippen molar-refractivity contribution in [2.45, 2.75) is 12.3 Å². The van der Waals surface area contributed by atoms with E-state index in [9.17, 15) is 10.1 Å². The summed E-state index contributed by atoms with van der Waals surface area (Å²) in [6.45, 7) is 0. The van der Waals surface area contributed by atoms with Gasteiger partial charge in [-0.05, 0) is 66.6 Å². The zero-order valence-corrected chi connectivity index (χ0v) is 16.8. The first-order valence-electron chi connectivity index (χ1n) is 9.96. The van der Waals surface area contributed by atoms with Crippen LogP contribution in [0.5, 0.6) is 0 Å². The number of nitrogens with zero attached hydrogens (tertiary/aromatic N) is 3. The van der Waals surface area contributed by atoms with Gasteiger partial charge in [0.15, 0.2) is 0 Å². The molecule has 0 aromatic heterocycles. The first-order chi connectivity index (χ1) is 15.2. The summed E-state index contributed by atoms with van der Waals surface area (Å²) in [6.07, 6.45) is 8.01. The molecule has 0 bridgehead atoms. The Morgan fingerprint density at radius 3 is 2.19 bits per heavy atom. The van der Waals surface area contributed by atoms with Crippen molar-refractivity contribution in [3.05, 3.63) is 119 Å². The van der Waals surface area contributed by atoms with E-state index in [-0.39, 0.29) is 5.92 Å². The lowest BCUT2D eigenvalue weighted by Crippen LogP contribution is -2.17. The van der Waals surface area contributed by atoms with E-state index in [1.165, 1.54) is 0 Å². The summed E-state index contributed by atoms with van der Waals surface area (Å²) < 4.78 is 0. The minimum Gasteiger partial charge on any atom is -0.311 e. The predicted molar refractivity (Wildman–Crippen MR) is 121 cm³/mol. The molecule has 0 amide bonds. The zero-order valence-electron chi connectivity index (χ0n) is 16.8. The number of benzene rings is 3. The van der Waals surface area contributed by atoms with Crippen molar-refractivity contribution in [3.8, 4) is 12.1 Å². The molecule has 0 N–H and O–H groups in total. The molecule has 1 aliphatic carbocycles. The van der Waals surface area contributed by atoms with Gasteiger partial charge in [0.25, 0.3) is 0 Å². The van der Waals surface area contributed by atoms with Crippen LogP contribution in [0.15, 0.2) is 96.7 Å². The number of rotatable bonds is 5. The summed E-state index contributed by atoms with van der Waals surface area (Å²) in [5, 5.41) is 18.5. The summed E-state index contributed by atoms with van der Waals surface area (Å²) in [4.78, 5) is 13.2. The third-order valence-electron chi connectivity index (χ3n) is 5.35. The van der Waals surface area contributed by atoms with Gasteiger partial charge in [-0.2, -0.15) is 10.5 Å². The topological polar surface area (TPSA) is 67.9 Å². The standard InChI is InChI=1S/C27H19N3O/c28-17-23-9-8-22(16-24(23)18-29)21-10-14-27(15-11-21)30(25-4-2-1-3-5-25)26-12-6-20(19-31)7-13-26/h1-10,12-16,19,21H,11H2. The van der Waals surface area contributed by atoms with Crippen molar-refractivity contribution >= 4 is 17.7 Å². The summed E-state index contributed by atoms with van der Waals surface area (Å²) in [5.74, 6) is 0.138. The molecule has 1 unspecified atom stereocenters. The van der Waals surface area contributed by atoms with E-state index in [0.717, 1.165) is 35.3 Å². The Labute approximate surface area is 181 Å². The fraction of sp³-hybridized carbons (Fsp3) is 0.0741.